The normalized spacial score (nSPS) is 11.0. The highest BCUT2D eigenvalue weighted by Crippen LogP contribution is 2.01. The predicted octanol–water partition coefficient (Wildman–Crippen LogP) is -0.453. The molecule has 0 unspecified atom stereocenters. The van der Waals surface area contributed by atoms with Crippen molar-refractivity contribution in [2.45, 2.75) is 19.4 Å². The van der Waals surface area contributed by atoms with Crippen molar-refractivity contribution < 1.29 is 4.79 Å². The zero-order valence-electron chi connectivity index (χ0n) is 7.48. The van der Waals surface area contributed by atoms with Gasteiger partial charge in [-0.25, -0.2) is 4.98 Å². The molecule has 0 fully saturated rings. The van der Waals surface area contributed by atoms with Crippen molar-refractivity contribution in [1.29, 1.82) is 0 Å². The molecule has 1 aromatic rings. The third-order valence-electron chi connectivity index (χ3n) is 1.29. The Labute approximate surface area is 75.6 Å². The third kappa shape index (κ3) is 2.75. The topological polar surface area (TPSA) is 93.8 Å². The Balaban J connectivity index is 2.66. The Hall–Kier alpha value is -1.56. The van der Waals surface area contributed by atoms with Crippen molar-refractivity contribution in [2.24, 2.45) is 5.73 Å². The molecule has 1 aromatic heterocycles. The molecule has 1 rings (SSSR count). The average Bonchev–Trinajstić information content (AvgIpc) is 2.04. The van der Waals surface area contributed by atoms with Crippen LogP contribution in [0.4, 0.5) is 5.95 Å². The van der Waals surface area contributed by atoms with Crippen LogP contribution in [0.3, 0.4) is 0 Å². The first-order valence-corrected chi connectivity index (χ1v) is 3.74. The fourth-order valence-corrected chi connectivity index (χ4v) is 0.567. The van der Waals surface area contributed by atoms with Crippen LogP contribution in [-0.4, -0.2) is 26.6 Å². The van der Waals surface area contributed by atoms with E-state index in [1.165, 1.54) is 12.4 Å². The maximum atomic E-state index is 11.3. The summed E-state index contributed by atoms with van der Waals surface area (Å²) in [4.78, 5) is 15.1. The van der Waals surface area contributed by atoms with E-state index in [4.69, 9.17) is 5.73 Å². The number of rotatable bonds is 2. The van der Waals surface area contributed by atoms with Crippen molar-refractivity contribution in [3.8, 4) is 0 Å². The van der Waals surface area contributed by atoms with Crippen LogP contribution in [0.5, 0.6) is 0 Å². The Kier molecular flexibility index (Phi) is 2.52. The fourth-order valence-electron chi connectivity index (χ4n) is 0.567. The van der Waals surface area contributed by atoms with Crippen LogP contribution in [-0.2, 0) is 4.79 Å². The van der Waals surface area contributed by atoms with Gasteiger partial charge in [-0.1, -0.05) is 0 Å². The Morgan fingerprint density at radius 2 is 2.23 bits per heavy atom. The molecule has 0 bridgehead atoms. The summed E-state index contributed by atoms with van der Waals surface area (Å²) in [6.07, 6.45) is 2.86. The number of carbonyl (C=O) groups excluding carboxylic acids is 1. The summed E-state index contributed by atoms with van der Waals surface area (Å²) in [5, 5.41) is 9.57. The summed E-state index contributed by atoms with van der Waals surface area (Å²) < 4.78 is 0. The second-order valence-corrected chi connectivity index (χ2v) is 3.14. The lowest BCUT2D eigenvalue weighted by Gasteiger charge is -2.16. The van der Waals surface area contributed by atoms with Gasteiger partial charge in [0.25, 0.3) is 0 Å². The number of nitrogens with one attached hydrogen (secondary N) is 1. The average molecular weight is 181 g/mol. The first-order valence-electron chi connectivity index (χ1n) is 3.74. The summed E-state index contributed by atoms with van der Waals surface area (Å²) in [6, 6.07) is 0. The highest BCUT2D eigenvalue weighted by molar-refractivity contribution is 5.95. The first kappa shape index (κ1) is 9.53. The Morgan fingerprint density at radius 1 is 1.54 bits per heavy atom. The maximum Gasteiger partial charge on any atom is 0.249 e. The summed E-state index contributed by atoms with van der Waals surface area (Å²) in [6.45, 7) is 3.19. The molecule has 0 aliphatic rings. The van der Waals surface area contributed by atoms with Gasteiger partial charge in [0, 0.05) is 0 Å². The standard InChI is InChI=1S/C7H11N5O/c1-7(2,8)5(13)11-6-9-3-4-10-12-6/h3-4H,8H2,1-2H3,(H,9,11,12,13). The van der Waals surface area contributed by atoms with Gasteiger partial charge in [-0.15, -0.1) is 5.10 Å². The number of hydrogen-bond acceptors (Lipinski definition) is 5. The highest BCUT2D eigenvalue weighted by atomic mass is 16.2. The number of amides is 1. The smallest absolute Gasteiger partial charge is 0.249 e. The van der Waals surface area contributed by atoms with Gasteiger partial charge in [0.05, 0.1) is 17.9 Å². The Morgan fingerprint density at radius 3 is 2.69 bits per heavy atom. The maximum absolute atomic E-state index is 11.3. The van der Waals surface area contributed by atoms with E-state index in [9.17, 15) is 4.79 Å². The molecule has 0 atom stereocenters. The molecule has 1 amide bonds. The molecular formula is C7H11N5O. The molecule has 70 valence electrons. The van der Waals surface area contributed by atoms with E-state index in [1.54, 1.807) is 13.8 Å². The minimum atomic E-state index is -0.945. The van der Waals surface area contributed by atoms with Crippen LogP contribution in [0.15, 0.2) is 12.4 Å². The van der Waals surface area contributed by atoms with Gasteiger partial charge in [0.2, 0.25) is 11.9 Å². The third-order valence-corrected chi connectivity index (χ3v) is 1.29. The van der Waals surface area contributed by atoms with E-state index in [1.807, 2.05) is 0 Å². The molecule has 0 radical (unpaired) electrons. The van der Waals surface area contributed by atoms with Crippen LogP contribution in [0.25, 0.3) is 0 Å². The number of anilines is 1. The molecule has 6 nitrogen and oxygen atoms in total. The van der Waals surface area contributed by atoms with E-state index in [0.29, 0.717) is 0 Å². The summed E-state index contributed by atoms with van der Waals surface area (Å²) in [5.41, 5.74) is 4.59. The van der Waals surface area contributed by atoms with Crippen LogP contribution in [0.2, 0.25) is 0 Å². The predicted molar refractivity (Wildman–Crippen MR) is 46.7 cm³/mol. The monoisotopic (exact) mass is 181 g/mol. The van der Waals surface area contributed by atoms with Crippen LogP contribution in [0.1, 0.15) is 13.8 Å². The van der Waals surface area contributed by atoms with Crippen molar-refractivity contribution in [2.75, 3.05) is 5.32 Å². The first-order chi connectivity index (χ1) is 6.00. The SMILES string of the molecule is CC(C)(N)C(=O)Nc1nccnn1. The van der Waals surface area contributed by atoms with Crippen LogP contribution >= 0.6 is 0 Å². The zero-order valence-corrected chi connectivity index (χ0v) is 7.48. The molecule has 0 spiro atoms. The van der Waals surface area contributed by atoms with Crippen molar-refractivity contribution in [3.63, 3.8) is 0 Å². The molecule has 0 aliphatic heterocycles. The zero-order chi connectivity index (χ0) is 9.90. The number of aromatic nitrogens is 3. The van der Waals surface area contributed by atoms with Gasteiger partial charge < -0.3 is 5.73 Å². The van der Waals surface area contributed by atoms with Crippen LogP contribution in [0, 0.1) is 0 Å². The van der Waals surface area contributed by atoms with Gasteiger partial charge >= 0.3 is 0 Å². The van der Waals surface area contributed by atoms with Crippen molar-refractivity contribution in [3.05, 3.63) is 12.4 Å². The molecule has 0 aliphatic carbocycles. The summed E-state index contributed by atoms with van der Waals surface area (Å²) in [5.74, 6) is -0.188. The lowest BCUT2D eigenvalue weighted by molar-refractivity contribution is -0.120. The van der Waals surface area contributed by atoms with E-state index in [-0.39, 0.29) is 11.9 Å². The molecule has 3 N–H and O–H groups in total. The number of carbonyl (C=O) groups is 1. The number of hydrogen-bond donors (Lipinski definition) is 2. The van der Waals surface area contributed by atoms with Gasteiger partial charge in [0.1, 0.15) is 0 Å². The van der Waals surface area contributed by atoms with E-state index < -0.39 is 5.54 Å². The van der Waals surface area contributed by atoms with Gasteiger partial charge in [-0.05, 0) is 13.8 Å². The highest BCUT2D eigenvalue weighted by Gasteiger charge is 2.22. The summed E-state index contributed by atoms with van der Waals surface area (Å²) >= 11 is 0. The molecule has 6 heteroatoms. The molecule has 0 aromatic carbocycles. The number of nitrogens with two attached hydrogens (primary N) is 1. The Bertz CT molecular complexity index is 292. The van der Waals surface area contributed by atoms with E-state index in [2.05, 4.69) is 20.5 Å². The quantitative estimate of drug-likeness (QED) is 0.644. The van der Waals surface area contributed by atoms with Gasteiger partial charge in [-0.3, -0.25) is 10.1 Å². The van der Waals surface area contributed by atoms with E-state index in [0.717, 1.165) is 0 Å². The van der Waals surface area contributed by atoms with Crippen molar-refractivity contribution in [1.82, 2.24) is 15.2 Å². The van der Waals surface area contributed by atoms with Gasteiger partial charge in [0.15, 0.2) is 0 Å². The lowest BCUT2D eigenvalue weighted by atomic mass is 10.1. The fraction of sp³-hybridized carbons (Fsp3) is 0.429. The number of nitrogens with zero attached hydrogens (tertiary/aromatic N) is 3. The van der Waals surface area contributed by atoms with Crippen molar-refractivity contribution >= 4 is 11.9 Å². The second-order valence-electron chi connectivity index (χ2n) is 3.14. The molecule has 0 saturated heterocycles. The molecule has 0 saturated carbocycles. The lowest BCUT2D eigenvalue weighted by Crippen LogP contribution is -2.45. The van der Waals surface area contributed by atoms with Crippen LogP contribution < -0.4 is 11.1 Å². The van der Waals surface area contributed by atoms with Gasteiger partial charge in [-0.2, -0.15) is 5.10 Å². The molecule has 1 heterocycles. The summed E-state index contributed by atoms with van der Waals surface area (Å²) in [7, 11) is 0. The molecule has 13 heavy (non-hydrogen) atoms. The second kappa shape index (κ2) is 3.44. The van der Waals surface area contributed by atoms with E-state index >= 15 is 0 Å². The minimum Gasteiger partial charge on any atom is -0.318 e. The largest absolute Gasteiger partial charge is 0.318 e. The molecular weight excluding hydrogens is 170 g/mol. The minimum absolute atomic E-state index is 0.158.